The van der Waals surface area contributed by atoms with Crippen molar-refractivity contribution >= 4 is 39.9 Å². The molecule has 0 atom stereocenters. The average molecular weight is 297 g/mol. The molecular weight excluding hydrogens is 288 g/mol. The lowest BCUT2D eigenvalue weighted by atomic mass is 10.2. The first-order chi connectivity index (χ1) is 5.77. The smallest absolute Gasteiger partial charge is 0.0474 e. The molecule has 0 aliphatic heterocycles. The van der Waals surface area contributed by atoms with Crippen molar-refractivity contribution in [1.29, 1.82) is 0 Å². The van der Waals surface area contributed by atoms with Gasteiger partial charge in [-0.05, 0) is 37.8 Å². The van der Waals surface area contributed by atoms with E-state index in [4.69, 9.17) is 17.4 Å². The van der Waals surface area contributed by atoms with E-state index >= 15 is 0 Å². The molecule has 0 unspecified atom stereocenters. The van der Waals surface area contributed by atoms with Crippen molar-refractivity contribution in [3.05, 3.63) is 32.8 Å². The highest BCUT2D eigenvalue weighted by atomic mass is 127. The molecule has 3 nitrogen and oxygen atoms in total. The molecule has 0 spiro atoms. The molecule has 0 radical (unpaired) electrons. The van der Waals surface area contributed by atoms with E-state index in [-0.39, 0.29) is 0 Å². The number of rotatable bonds is 3. The fourth-order valence-corrected chi connectivity index (χ4v) is 1.66. The van der Waals surface area contributed by atoms with E-state index in [0.29, 0.717) is 5.88 Å². The summed E-state index contributed by atoms with van der Waals surface area (Å²) in [6, 6.07) is 5.77. The largest absolute Gasteiger partial charge is 0.608 e. The number of nitrogens with zero attached hydrogens (tertiary/aromatic N) is 1. The summed E-state index contributed by atoms with van der Waals surface area (Å²) in [6.45, 7) is 0. The van der Waals surface area contributed by atoms with Crippen molar-refractivity contribution in [2.24, 2.45) is 5.84 Å². The van der Waals surface area contributed by atoms with Gasteiger partial charge in [0.1, 0.15) is 0 Å². The van der Waals surface area contributed by atoms with Crippen LogP contribution in [-0.2, 0) is 5.88 Å². The van der Waals surface area contributed by atoms with E-state index < -0.39 is 0 Å². The first-order valence-corrected chi connectivity index (χ1v) is 4.90. The van der Waals surface area contributed by atoms with Gasteiger partial charge in [0.15, 0.2) is 0 Å². The quantitative estimate of drug-likeness (QED) is 0.389. The molecule has 0 aliphatic rings. The number of nitrogens with two attached hydrogens (primary N) is 1. The van der Waals surface area contributed by atoms with Crippen molar-refractivity contribution < 1.29 is 0 Å². The zero-order valence-electron chi connectivity index (χ0n) is 6.22. The van der Waals surface area contributed by atoms with Crippen molar-refractivity contribution in [3.8, 4) is 0 Å². The van der Waals surface area contributed by atoms with Gasteiger partial charge >= 0.3 is 0 Å². The predicted octanol–water partition coefficient (Wildman–Crippen LogP) is 2.41. The minimum atomic E-state index is 0.520. The molecule has 1 rings (SSSR count). The monoisotopic (exact) mass is 296 g/mol. The van der Waals surface area contributed by atoms with Gasteiger partial charge in [-0.15, -0.1) is 17.3 Å². The summed E-state index contributed by atoms with van der Waals surface area (Å²) in [5.41, 5.74) is 8.01. The van der Waals surface area contributed by atoms with Crippen LogP contribution in [0.4, 0.5) is 5.69 Å². The second kappa shape index (κ2) is 4.86. The van der Waals surface area contributed by atoms with E-state index in [2.05, 4.69) is 33.6 Å². The van der Waals surface area contributed by atoms with Gasteiger partial charge in [0.25, 0.3) is 0 Å². The Morgan fingerprint density at radius 1 is 1.58 bits per heavy atom. The number of benzene rings is 1. The molecule has 0 saturated heterocycles. The summed E-state index contributed by atoms with van der Waals surface area (Å²) in [5, 5.41) is 0. The molecular formula is C7H8ClIN3-. The van der Waals surface area contributed by atoms with Crippen molar-refractivity contribution in [3.63, 3.8) is 0 Å². The van der Waals surface area contributed by atoms with Gasteiger partial charge in [-0.25, -0.2) is 0 Å². The van der Waals surface area contributed by atoms with E-state index in [0.717, 1.165) is 14.8 Å². The van der Waals surface area contributed by atoms with Gasteiger partial charge in [-0.1, -0.05) is 12.1 Å². The highest BCUT2D eigenvalue weighted by Crippen LogP contribution is 2.24. The second-order valence-electron chi connectivity index (χ2n) is 2.16. The Bertz CT molecular complexity index is 267. The molecule has 0 heterocycles. The molecule has 0 amide bonds. The molecule has 0 aliphatic carbocycles. The van der Waals surface area contributed by atoms with Crippen molar-refractivity contribution in [1.82, 2.24) is 5.53 Å². The Kier molecular flexibility index (Phi) is 4.07. The Morgan fingerprint density at radius 2 is 2.33 bits per heavy atom. The molecule has 0 saturated carbocycles. The fraction of sp³-hybridized carbons (Fsp3) is 0.143. The number of halogens is 2. The maximum absolute atomic E-state index is 5.65. The van der Waals surface area contributed by atoms with Crippen LogP contribution in [0, 0.1) is 3.57 Å². The number of alkyl halides is 1. The SMILES string of the molecule is NN[N-]c1ccc(CCl)cc1I. The third kappa shape index (κ3) is 2.48. The third-order valence-corrected chi connectivity index (χ3v) is 2.52. The Labute approximate surface area is 89.7 Å². The standard InChI is InChI=1S/C7H8ClIN3/c8-4-5-1-2-7(11-12-10)6(9)3-5/h1-3,12H,4,10H2/q-1. The summed E-state index contributed by atoms with van der Waals surface area (Å²) in [5.74, 6) is 5.57. The zero-order valence-corrected chi connectivity index (χ0v) is 9.13. The molecule has 3 N–H and O–H groups in total. The number of hydrogen-bond donors (Lipinski definition) is 2. The lowest BCUT2D eigenvalue weighted by Crippen LogP contribution is -2.14. The van der Waals surface area contributed by atoms with Crippen LogP contribution in [0.25, 0.3) is 5.43 Å². The summed E-state index contributed by atoms with van der Waals surface area (Å²) < 4.78 is 1.03. The van der Waals surface area contributed by atoms with Crippen LogP contribution in [0.5, 0.6) is 0 Å². The fourth-order valence-electron chi connectivity index (χ4n) is 0.794. The first-order valence-electron chi connectivity index (χ1n) is 3.28. The van der Waals surface area contributed by atoms with Crippen LogP contribution >= 0.6 is 34.2 Å². The molecule has 66 valence electrons. The van der Waals surface area contributed by atoms with Gasteiger partial charge in [0.2, 0.25) is 0 Å². The van der Waals surface area contributed by atoms with Gasteiger partial charge in [-0.3, -0.25) is 5.84 Å². The van der Waals surface area contributed by atoms with Crippen molar-refractivity contribution in [2.45, 2.75) is 5.88 Å². The zero-order chi connectivity index (χ0) is 8.97. The van der Waals surface area contributed by atoms with Crippen LogP contribution in [-0.4, -0.2) is 0 Å². The maximum atomic E-state index is 5.65. The highest BCUT2D eigenvalue weighted by Gasteiger charge is 1.92. The minimum absolute atomic E-state index is 0.520. The molecule has 1 aromatic carbocycles. The topological polar surface area (TPSA) is 52.1 Å². The van der Waals surface area contributed by atoms with E-state index in [1.807, 2.05) is 18.2 Å². The lowest BCUT2D eigenvalue weighted by molar-refractivity contribution is 0.928. The molecule has 12 heavy (non-hydrogen) atoms. The normalized spacial score (nSPS) is 9.92. The van der Waals surface area contributed by atoms with Crippen LogP contribution in [0.2, 0.25) is 0 Å². The summed E-state index contributed by atoms with van der Waals surface area (Å²) in [7, 11) is 0. The van der Waals surface area contributed by atoms with E-state index in [1.54, 1.807) is 0 Å². The Hall–Kier alpha value is -0.0400. The van der Waals surface area contributed by atoms with Gasteiger partial charge in [-0.2, -0.15) is 0 Å². The first kappa shape index (κ1) is 10.0. The highest BCUT2D eigenvalue weighted by molar-refractivity contribution is 14.1. The lowest BCUT2D eigenvalue weighted by Gasteiger charge is -2.21. The third-order valence-electron chi connectivity index (χ3n) is 1.35. The minimum Gasteiger partial charge on any atom is -0.608 e. The summed E-state index contributed by atoms with van der Waals surface area (Å²) in [6.07, 6.45) is 0. The van der Waals surface area contributed by atoms with Crippen LogP contribution < -0.4 is 11.4 Å². The molecule has 0 aromatic heterocycles. The van der Waals surface area contributed by atoms with Crippen LogP contribution in [0.1, 0.15) is 5.56 Å². The maximum Gasteiger partial charge on any atom is 0.0474 e. The van der Waals surface area contributed by atoms with Crippen LogP contribution in [0.15, 0.2) is 18.2 Å². The van der Waals surface area contributed by atoms with Gasteiger partial charge in [0.05, 0.1) is 0 Å². The molecule has 5 heteroatoms. The number of hydrazine groups is 1. The average Bonchev–Trinajstić information content (AvgIpc) is 2.09. The van der Waals surface area contributed by atoms with Crippen molar-refractivity contribution in [2.75, 3.05) is 0 Å². The van der Waals surface area contributed by atoms with Gasteiger partial charge in [0, 0.05) is 5.88 Å². The molecule has 0 bridgehead atoms. The van der Waals surface area contributed by atoms with Crippen LogP contribution in [0.3, 0.4) is 0 Å². The molecule has 1 aromatic rings. The van der Waals surface area contributed by atoms with E-state index in [1.165, 1.54) is 0 Å². The van der Waals surface area contributed by atoms with Gasteiger partial charge < -0.3 is 11.0 Å². The number of hydrogen-bond acceptors (Lipinski definition) is 2. The molecule has 0 fully saturated rings. The summed E-state index contributed by atoms with van der Waals surface area (Å²) >= 11 is 7.84. The number of nitrogens with one attached hydrogen (secondary N) is 1. The Morgan fingerprint density at radius 3 is 2.83 bits per heavy atom. The van der Waals surface area contributed by atoms with E-state index in [9.17, 15) is 0 Å². The predicted molar refractivity (Wildman–Crippen MR) is 59.1 cm³/mol. The Balaban J connectivity index is 2.87. The second-order valence-corrected chi connectivity index (χ2v) is 3.59. The summed E-state index contributed by atoms with van der Waals surface area (Å²) in [4.78, 5) is 0.